The van der Waals surface area contributed by atoms with E-state index in [9.17, 15) is 14.4 Å². The van der Waals surface area contributed by atoms with Gasteiger partial charge in [-0.05, 0) is 61.7 Å². The molecular weight excluding hydrogens is 448 g/mol. The van der Waals surface area contributed by atoms with E-state index in [1.807, 2.05) is 26.0 Å². The van der Waals surface area contributed by atoms with E-state index >= 15 is 0 Å². The lowest BCUT2D eigenvalue weighted by molar-refractivity contribution is -0.154. The summed E-state index contributed by atoms with van der Waals surface area (Å²) in [6, 6.07) is 13.8. The number of benzene rings is 2. The fraction of sp³-hybridized carbons (Fsp3) is 0.444. The average molecular weight is 483 g/mol. The molecule has 2 aromatic carbocycles. The Bertz CT molecular complexity index is 1010. The van der Waals surface area contributed by atoms with Gasteiger partial charge in [0.1, 0.15) is 11.5 Å². The monoisotopic (exact) mass is 482 g/mol. The van der Waals surface area contributed by atoms with Gasteiger partial charge in [0.15, 0.2) is 6.61 Å². The molecule has 1 fully saturated rings. The first-order valence-corrected chi connectivity index (χ1v) is 11.9. The van der Waals surface area contributed by atoms with Crippen LogP contribution in [0.3, 0.4) is 0 Å². The molecule has 3 rings (SSSR count). The molecule has 8 nitrogen and oxygen atoms in total. The molecule has 1 aliphatic heterocycles. The maximum atomic E-state index is 13.2. The third kappa shape index (κ3) is 6.53. The van der Waals surface area contributed by atoms with E-state index in [1.165, 1.54) is 0 Å². The van der Waals surface area contributed by atoms with Crippen molar-refractivity contribution in [1.29, 1.82) is 0 Å². The van der Waals surface area contributed by atoms with Crippen LogP contribution in [0.1, 0.15) is 51.1 Å². The van der Waals surface area contributed by atoms with E-state index < -0.39 is 17.9 Å². The molecule has 3 atom stereocenters. The van der Waals surface area contributed by atoms with E-state index in [2.05, 4.69) is 5.32 Å². The fourth-order valence-corrected chi connectivity index (χ4v) is 4.43. The summed E-state index contributed by atoms with van der Waals surface area (Å²) in [6.45, 7) is 3.61. The summed E-state index contributed by atoms with van der Waals surface area (Å²) in [6.07, 6.45) is 2.32. The summed E-state index contributed by atoms with van der Waals surface area (Å²) in [4.78, 5) is 40.2. The normalized spacial score (nSPS) is 18.5. The summed E-state index contributed by atoms with van der Waals surface area (Å²) in [5.74, 6) is -0.230. The Kier molecular flexibility index (Phi) is 9.11. The summed E-state index contributed by atoms with van der Waals surface area (Å²) < 4.78 is 16.0. The van der Waals surface area contributed by atoms with Crippen LogP contribution >= 0.6 is 0 Å². The zero-order chi connectivity index (χ0) is 25.4. The van der Waals surface area contributed by atoms with Crippen molar-refractivity contribution in [2.75, 3.05) is 25.7 Å². The van der Waals surface area contributed by atoms with Gasteiger partial charge in [0.05, 0.1) is 26.2 Å². The van der Waals surface area contributed by atoms with Gasteiger partial charge in [-0.25, -0.2) is 0 Å². The Hall–Kier alpha value is -3.55. The number of nitrogens with zero attached hydrogens (tertiary/aromatic N) is 1. The summed E-state index contributed by atoms with van der Waals surface area (Å²) in [5, 5.41) is 2.84. The largest absolute Gasteiger partial charge is 0.497 e. The van der Waals surface area contributed by atoms with Crippen molar-refractivity contribution >= 4 is 23.5 Å². The van der Waals surface area contributed by atoms with Gasteiger partial charge in [0, 0.05) is 18.2 Å². The molecule has 0 spiro atoms. The number of hydrogen-bond donors (Lipinski definition) is 1. The third-order valence-electron chi connectivity index (χ3n) is 6.18. The second kappa shape index (κ2) is 12.2. The molecule has 0 bridgehead atoms. The molecule has 0 radical (unpaired) electrons. The SMILES string of the molecule is CCC[C@H](C)NC(=O)COC(=O)[C@H]1CCC(=O)N(c2ccc(OC)cc2)[C@@H]1c1ccc(OC)cc1. The van der Waals surface area contributed by atoms with Crippen molar-refractivity contribution in [2.45, 2.75) is 51.6 Å². The highest BCUT2D eigenvalue weighted by Gasteiger charge is 2.42. The first-order chi connectivity index (χ1) is 16.9. The van der Waals surface area contributed by atoms with Gasteiger partial charge in [0.25, 0.3) is 5.91 Å². The molecular formula is C27H34N2O6. The second-order valence-electron chi connectivity index (χ2n) is 8.69. The Morgan fingerprint density at radius 3 is 2.20 bits per heavy atom. The molecule has 8 heteroatoms. The van der Waals surface area contributed by atoms with E-state index in [4.69, 9.17) is 14.2 Å². The number of nitrogens with one attached hydrogen (secondary N) is 1. The minimum Gasteiger partial charge on any atom is -0.497 e. The summed E-state index contributed by atoms with van der Waals surface area (Å²) >= 11 is 0. The molecule has 35 heavy (non-hydrogen) atoms. The quantitative estimate of drug-likeness (QED) is 0.514. The Morgan fingerprint density at radius 2 is 1.63 bits per heavy atom. The average Bonchev–Trinajstić information content (AvgIpc) is 2.87. The number of anilines is 1. The van der Waals surface area contributed by atoms with Gasteiger partial charge >= 0.3 is 5.97 Å². The van der Waals surface area contributed by atoms with Crippen LogP contribution in [-0.4, -0.2) is 44.7 Å². The Labute approximate surface area is 206 Å². The van der Waals surface area contributed by atoms with Crippen molar-refractivity contribution in [3.05, 3.63) is 54.1 Å². The number of methoxy groups -OCH3 is 2. The van der Waals surface area contributed by atoms with Crippen molar-refractivity contribution in [3.8, 4) is 11.5 Å². The zero-order valence-electron chi connectivity index (χ0n) is 20.8. The molecule has 1 aliphatic rings. The molecule has 2 aromatic rings. The first kappa shape index (κ1) is 26.1. The highest BCUT2D eigenvalue weighted by atomic mass is 16.5. The minimum absolute atomic E-state index is 0.0103. The van der Waals surface area contributed by atoms with E-state index in [1.54, 1.807) is 55.5 Å². The van der Waals surface area contributed by atoms with Crippen LogP contribution in [0.5, 0.6) is 11.5 Å². The standard InChI is InChI=1S/C27H34N2O6/c1-5-6-18(2)28-24(30)17-35-27(32)23-15-16-25(31)29(20-9-13-22(34-4)14-10-20)26(23)19-7-11-21(33-3)12-8-19/h7-14,18,23,26H,5-6,15-17H2,1-4H3,(H,28,30)/t18-,23-,26+/m0/s1. The van der Waals surface area contributed by atoms with Crippen molar-refractivity contribution in [1.82, 2.24) is 5.32 Å². The second-order valence-corrected chi connectivity index (χ2v) is 8.69. The molecule has 188 valence electrons. The van der Waals surface area contributed by atoms with Crippen LogP contribution in [0.4, 0.5) is 5.69 Å². The topological polar surface area (TPSA) is 94.2 Å². The van der Waals surface area contributed by atoms with Crippen LogP contribution in [0, 0.1) is 5.92 Å². The fourth-order valence-electron chi connectivity index (χ4n) is 4.43. The molecule has 1 heterocycles. The molecule has 0 aromatic heterocycles. The van der Waals surface area contributed by atoms with Crippen molar-refractivity contribution in [3.63, 3.8) is 0 Å². The van der Waals surface area contributed by atoms with Gasteiger partial charge in [-0.3, -0.25) is 14.4 Å². The maximum Gasteiger partial charge on any atom is 0.311 e. The zero-order valence-corrected chi connectivity index (χ0v) is 20.8. The van der Waals surface area contributed by atoms with Crippen LogP contribution < -0.4 is 19.7 Å². The molecule has 2 amide bonds. The number of piperidine rings is 1. The highest BCUT2D eigenvalue weighted by Crippen LogP contribution is 2.41. The lowest BCUT2D eigenvalue weighted by atomic mass is 9.83. The number of rotatable bonds is 10. The van der Waals surface area contributed by atoms with Crippen LogP contribution in [0.2, 0.25) is 0 Å². The van der Waals surface area contributed by atoms with E-state index in [0.29, 0.717) is 23.6 Å². The van der Waals surface area contributed by atoms with Crippen molar-refractivity contribution < 1.29 is 28.6 Å². The lowest BCUT2D eigenvalue weighted by Gasteiger charge is -2.40. The van der Waals surface area contributed by atoms with Gasteiger partial charge in [-0.1, -0.05) is 25.5 Å². The molecule has 0 unspecified atom stereocenters. The Balaban J connectivity index is 1.87. The molecule has 1 saturated heterocycles. The van der Waals surface area contributed by atoms with Gasteiger partial charge < -0.3 is 24.4 Å². The van der Waals surface area contributed by atoms with Gasteiger partial charge in [0.2, 0.25) is 5.91 Å². The third-order valence-corrected chi connectivity index (χ3v) is 6.18. The number of ether oxygens (including phenoxy) is 3. The first-order valence-electron chi connectivity index (χ1n) is 11.9. The van der Waals surface area contributed by atoms with Crippen LogP contribution in [-0.2, 0) is 19.1 Å². The number of esters is 1. The number of carbonyl (C=O) groups is 3. The molecule has 0 aliphatic carbocycles. The number of carbonyl (C=O) groups excluding carboxylic acids is 3. The molecule has 0 saturated carbocycles. The predicted octanol–water partition coefficient (Wildman–Crippen LogP) is 4.04. The lowest BCUT2D eigenvalue weighted by Crippen LogP contribution is -2.46. The van der Waals surface area contributed by atoms with Gasteiger partial charge in [-0.2, -0.15) is 0 Å². The summed E-state index contributed by atoms with van der Waals surface area (Å²) in [5.41, 5.74) is 1.43. The predicted molar refractivity (Wildman–Crippen MR) is 132 cm³/mol. The highest BCUT2D eigenvalue weighted by molar-refractivity contribution is 5.97. The smallest absolute Gasteiger partial charge is 0.311 e. The number of amides is 2. The van der Waals surface area contributed by atoms with E-state index in [0.717, 1.165) is 18.4 Å². The Morgan fingerprint density at radius 1 is 1.03 bits per heavy atom. The summed E-state index contributed by atoms with van der Waals surface area (Å²) in [7, 11) is 3.15. The van der Waals surface area contributed by atoms with Crippen molar-refractivity contribution in [2.24, 2.45) is 5.92 Å². The molecule has 1 N–H and O–H groups in total. The van der Waals surface area contributed by atoms with E-state index in [-0.39, 0.29) is 30.9 Å². The van der Waals surface area contributed by atoms with Gasteiger partial charge in [-0.15, -0.1) is 0 Å². The number of hydrogen-bond acceptors (Lipinski definition) is 6. The maximum absolute atomic E-state index is 13.2. The minimum atomic E-state index is -0.635. The van der Waals surface area contributed by atoms with Crippen LogP contribution in [0.25, 0.3) is 0 Å². The van der Waals surface area contributed by atoms with Crippen LogP contribution in [0.15, 0.2) is 48.5 Å².